The van der Waals surface area contributed by atoms with Crippen LogP contribution in [0.4, 0.5) is 13.2 Å². The van der Waals surface area contributed by atoms with Gasteiger partial charge in [0.15, 0.2) is 0 Å². The molecule has 1 atom stereocenters. The van der Waals surface area contributed by atoms with Crippen LogP contribution in [0, 0.1) is 0 Å². The van der Waals surface area contributed by atoms with Crippen molar-refractivity contribution in [3.8, 4) is 5.75 Å². The summed E-state index contributed by atoms with van der Waals surface area (Å²) < 4.78 is 41.4. The van der Waals surface area contributed by atoms with Crippen molar-refractivity contribution >= 4 is 35.0 Å². The number of carbonyl (C=O) groups excluding carboxylic acids is 2. The molecule has 1 heterocycles. The molecule has 1 aliphatic carbocycles. The molecule has 0 unspecified atom stereocenters. The molecule has 6 nitrogen and oxygen atoms in total. The topological polar surface area (TPSA) is 84.7 Å². The van der Waals surface area contributed by atoms with E-state index in [1.54, 1.807) is 23.1 Å². The first-order chi connectivity index (χ1) is 17.0. The Balaban J connectivity index is 1.53. The van der Waals surface area contributed by atoms with Crippen molar-refractivity contribution in [2.24, 2.45) is 5.73 Å². The lowest BCUT2D eigenvalue weighted by atomic mass is 9.93. The number of amides is 2. The zero-order chi connectivity index (χ0) is 26.1. The van der Waals surface area contributed by atoms with Crippen molar-refractivity contribution in [2.45, 2.75) is 56.0 Å². The first-order valence-electron chi connectivity index (χ1n) is 11.6. The summed E-state index contributed by atoms with van der Waals surface area (Å²) >= 11 is 12.4. The molecule has 0 spiro atoms. The predicted molar refractivity (Wildman–Crippen MR) is 130 cm³/mol. The van der Waals surface area contributed by atoms with E-state index in [2.05, 4.69) is 10.1 Å². The number of carbonyl (C=O) groups is 2. The maximum Gasteiger partial charge on any atom is 0.573 e. The maximum absolute atomic E-state index is 13.5. The molecule has 2 aromatic carbocycles. The van der Waals surface area contributed by atoms with Gasteiger partial charge in [-0.15, -0.1) is 13.2 Å². The number of nitrogens with zero attached hydrogens (tertiary/aromatic N) is 1. The molecule has 4 rings (SSSR count). The van der Waals surface area contributed by atoms with Crippen LogP contribution >= 0.6 is 23.2 Å². The molecule has 0 bridgehead atoms. The molecule has 0 aromatic heterocycles. The summed E-state index contributed by atoms with van der Waals surface area (Å²) in [5.41, 5.74) is 6.29. The van der Waals surface area contributed by atoms with Crippen LogP contribution < -0.4 is 15.8 Å². The zero-order valence-electron chi connectivity index (χ0n) is 19.3. The number of hydrogen-bond acceptors (Lipinski definition) is 4. The molecule has 2 aromatic rings. The number of nitrogens with one attached hydrogen (secondary N) is 1. The third-order valence-corrected chi connectivity index (χ3v) is 7.31. The van der Waals surface area contributed by atoms with E-state index in [-0.39, 0.29) is 30.0 Å². The van der Waals surface area contributed by atoms with Gasteiger partial charge >= 0.3 is 6.36 Å². The minimum absolute atomic E-state index is 0.0341. The van der Waals surface area contributed by atoms with Crippen molar-refractivity contribution in [1.82, 2.24) is 10.2 Å². The number of ether oxygens (including phenoxy) is 1. The van der Waals surface area contributed by atoms with Gasteiger partial charge in [0.1, 0.15) is 11.8 Å². The second-order valence-corrected chi connectivity index (χ2v) is 10.1. The highest BCUT2D eigenvalue weighted by Crippen LogP contribution is 2.49. The van der Waals surface area contributed by atoms with E-state index in [0.29, 0.717) is 59.9 Å². The molecule has 2 aliphatic rings. The summed E-state index contributed by atoms with van der Waals surface area (Å²) in [6.45, 7) is 0.985. The third kappa shape index (κ3) is 6.25. The molecule has 1 saturated carbocycles. The van der Waals surface area contributed by atoms with E-state index in [1.165, 1.54) is 24.3 Å². The highest BCUT2D eigenvalue weighted by atomic mass is 35.5. The van der Waals surface area contributed by atoms with Crippen molar-refractivity contribution in [2.75, 3.05) is 13.1 Å². The highest BCUT2D eigenvalue weighted by molar-refractivity contribution is 6.35. The molecule has 194 valence electrons. The van der Waals surface area contributed by atoms with Gasteiger partial charge in [-0.25, -0.2) is 0 Å². The standard InChI is InChI=1S/C25H26Cl2F3N3O3/c26-17-4-1-15(20(27)14-17)13-21(22(34)33-11-7-18(31)8-12-33)32-23(35)24(9-10-24)16-2-5-19(6-3-16)36-25(28,29)30/h1-6,14,18,21H,7-13,31H2,(H,32,35)/t21-/m0/s1. The van der Waals surface area contributed by atoms with Gasteiger partial charge in [-0.05, 0) is 61.1 Å². The lowest BCUT2D eigenvalue weighted by Gasteiger charge is -2.33. The molecule has 2 amide bonds. The average Bonchev–Trinajstić information content (AvgIpc) is 3.62. The Bertz CT molecular complexity index is 1120. The van der Waals surface area contributed by atoms with E-state index >= 15 is 0 Å². The van der Waals surface area contributed by atoms with Crippen LogP contribution in [0.1, 0.15) is 36.8 Å². The number of rotatable bonds is 7. The number of piperidine rings is 1. The van der Waals surface area contributed by atoms with Gasteiger partial charge in [-0.3, -0.25) is 9.59 Å². The van der Waals surface area contributed by atoms with E-state index in [1.807, 2.05) is 0 Å². The van der Waals surface area contributed by atoms with Gasteiger partial charge in [0.2, 0.25) is 11.8 Å². The Morgan fingerprint density at radius 3 is 2.31 bits per heavy atom. The summed E-state index contributed by atoms with van der Waals surface area (Å²) in [7, 11) is 0. The normalized spacial score (nSPS) is 18.4. The monoisotopic (exact) mass is 543 g/mol. The zero-order valence-corrected chi connectivity index (χ0v) is 20.8. The van der Waals surface area contributed by atoms with Crippen LogP contribution in [0.3, 0.4) is 0 Å². The lowest BCUT2D eigenvalue weighted by Crippen LogP contribution is -2.54. The average molecular weight is 544 g/mol. The Labute approximate surface area is 216 Å². The van der Waals surface area contributed by atoms with E-state index < -0.39 is 17.8 Å². The van der Waals surface area contributed by atoms with Crippen LogP contribution in [-0.4, -0.2) is 48.2 Å². The van der Waals surface area contributed by atoms with Crippen molar-refractivity contribution in [3.05, 3.63) is 63.6 Å². The molecule has 1 saturated heterocycles. The smallest absolute Gasteiger partial charge is 0.406 e. The van der Waals surface area contributed by atoms with Crippen LogP contribution in [0.2, 0.25) is 10.0 Å². The molecular formula is C25H26Cl2F3N3O3. The second kappa shape index (κ2) is 10.5. The number of halogens is 5. The van der Waals surface area contributed by atoms with Crippen molar-refractivity contribution in [1.29, 1.82) is 0 Å². The number of nitrogens with two attached hydrogens (primary N) is 1. The Morgan fingerprint density at radius 2 is 1.75 bits per heavy atom. The van der Waals surface area contributed by atoms with Gasteiger partial charge in [-0.1, -0.05) is 41.4 Å². The number of likely N-dealkylation sites (tertiary alicyclic amines) is 1. The summed E-state index contributed by atoms with van der Waals surface area (Å²) in [6.07, 6.45) is -2.27. The molecule has 0 radical (unpaired) electrons. The number of benzene rings is 2. The SMILES string of the molecule is NC1CCN(C(=O)[C@H](Cc2ccc(Cl)cc2Cl)NC(=O)C2(c3ccc(OC(F)(F)F)cc3)CC2)CC1. The van der Waals surface area contributed by atoms with Gasteiger partial charge in [0.05, 0.1) is 5.41 Å². The quantitative estimate of drug-likeness (QED) is 0.534. The minimum atomic E-state index is -4.80. The van der Waals surface area contributed by atoms with Gasteiger partial charge < -0.3 is 20.7 Å². The molecule has 11 heteroatoms. The predicted octanol–water partition coefficient (Wildman–Crippen LogP) is 4.60. The molecule has 36 heavy (non-hydrogen) atoms. The number of hydrogen-bond donors (Lipinski definition) is 2. The summed E-state index contributed by atoms with van der Waals surface area (Å²) in [5, 5.41) is 3.75. The fraction of sp³-hybridized carbons (Fsp3) is 0.440. The van der Waals surface area contributed by atoms with Crippen LogP contribution in [0.5, 0.6) is 5.75 Å². The lowest BCUT2D eigenvalue weighted by molar-refractivity contribution is -0.274. The summed E-state index contributed by atoms with van der Waals surface area (Å²) in [6, 6.07) is 9.39. The van der Waals surface area contributed by atoms with Crippen molar-refractivity contribution < 1.29 is 27.5 Å². The Morgan fingerprint density at radius 1 is 1.11 bits per heavy atom. The molecular weight excluding hydrogens is 518 g/mol. The summed E-state index contributed by atoms with van der Waals surface area (Å²) in [5.74, 6) is -0.952. The van der Waals surface area contributed by atoms with Crippen molar-refractivity contribution in [3.63, 3.8) is 0 Å². The van der Waals surface area contributed by atoms with Gasteiger partial charge in [0, 0.05) is 35.6 Å². The summed E-state index contributed by atoms with van der Waals surface area (Å²) in [4.78, 5) is 28.6. The first-order valence-corrected chi connectivity index (χ1v) is 12.4. The van der Waals surface area contributed by atoms with E-state index in [0.717, 1.165) is 0 Å². The number of alkyl halides is 3. The fourth-order valence-electron chi connectivity index (χ4n) is 4.49. The van der Waals surface area contributed by atoms with Gasteiger partial charge in [0.25, 0.3) is 0 Å². The van der Waals surface area contributed by atoms with E-state index in [9.17, 15) is 22.8 Å². The third-order valence-electron chi connectivity index (χ3n) is 6.72. The first kappa shape index (κ1) is 26.6. The Hall–Kier alpha value is -2.49. The second-order valence-electron chi connectivity index (χ2n) is 9.28. The molecule has 3 N–H and O–H groups in total. The largest absolute Gasteiger partial charge is 0.573 e. The molecule has 2 fully saturated rings. The van der Waals surface area contributed by atoms with Crippen LogP contribution in [-0.2, 0) is 21.4 Å². The highest BCUT2D eigenvalue weighted by Gasteiger charge is 2.52. The Kier molecular flexibility index (Phi) is 7.73. The van der Waals surface area contributed by atoms with Crippen LogP contribution in [0.25, 0.3) is 0 Å². The fourth-order valence-corrected chi connectivity index (χ4v) is 4.98. The maximum atomic E-state index is 13.5. The van der Waals surface area contributed by atoms with Gasteiger partial charge in [-0.2, -0.15) is 0 Å². The molecule has 1 aliphatic heterocycles. The van der Waals surface area contributed by atoms with E-state index in [4.69, 9.17) is 28.9 Å². The minimum Gasteiger partial charge on any atom is -0.406 e. The van der Waals surface area contributed by atoms with Crippen LogP contribution in [0.15, 0.2) is 42.5 Å².